The van der Waals surface area contributed by atoms with Crippen LogP contribution in [0.25, 0.3) is 0 Å². The molecule has 1 amide bonds. The molecular weight excluding hydrogens is 340 g/mol. The van der Waals surface area contributed by atoms with E-state index in [0.717, 1.165) is 18.7 Å². The topological polar surface area (TPSA) is 52.0 Å². The van der Waals surface area contributed by atoms with Gasteiger partial charge in [0, 0.05) is 5.56 Å². The number of carbonyl (C=O) groups is 1. The van der Waals surface area contributed by atoms with Crippen LogP contribution in [0.1, 0.15) is 32.4 Å². The molecule has 3 atom stereocenters. The SMILES string of the molecule is CCOc1ccccc1NC(=O)[C@H](c1ccccc1)[NH+]1C[C@@H](C)O[C@H](C)C1. The summed E-state index contributed by atoms with van der Waals surface area (Å²) in [4.78, 5) is 14.6. The molecule has 1 aliphatic rings. The first-order valence-electron chi connectivity index (χ1n) is 9.66. The molecule has 0 radical (unpaired) electrons. The number of carbonyl (C=O) groups excluding carboxylic acids is 1. The molecule has 0 saturated carbocycles. The highest BCUT2D eigenvalue weighted by molar-refractivity contribution is 5.95. The van der Waals surface area contributed by atoms with Crippen LogP contribution in [0.4, 0.5) is 5.69 Å². The number of para-hydroxylation sites is 2. The zero-order valence-electron chi connectivity index (χ0n) is 16.3. The normalized spacial score (nSPS) is 23.4. The number of nitrogens with one attached hydrogen (secondary N) is 2. The van der Waals surface area contributed by atoms with Crippen LogP contribution < -0.4 is 15.0 Å². The summed E-state index contributed by atoms with van der Waals surface area (Å²) in [6.45, 7) is 8.22. The van der Waals surface area contributed by atoms with E-state index in [0.29, 0.717) is 18.0 Å². The molecule has 0 aromatic heterocycles. The van der Waals surface area contributed by atoms with Crippen LogP contribution in [0.5, 0.6) is 5.75 Å². The molecule has 1 fully saturated rings. The predicted octanol–water partition coefficient (Wildman–Crippen LogP) is 2.46. The smallest absolute Gasteiger partial charge is 0.287 e. The lowest BCUT2D eigenvalue weighted by molar-refractivity contribution is -0.935. The molecule has 144 valence electrons. The Morgan fingerprint density at radius 1 is 1.11 bits per heavy atom. The van der Waals surface area contributed by atoms with E-state index in [2.05, 4.69) is 19.2 Å². The van der Waals surface area contributed by atoms with Gasteiger partial charge in [0.15, 0.2) is 6.04 Å². The van der Waals surface area contributed by atoms with Gasteiger partial charge in [0.1, 0.15) is 31.0 Å². The molecule has 0 spiro atoms. The molecule has 2 N–H and O–H groups in total. The van der Waals surface area contributed by atoms with E-state index in [4.69, 9.17) is 9.47 Å². The Balaban J connectivity index is 1.88. The van der Waals surface area contributed by atoms with E-state index in [-0.39, 0.29) is 24.2 Å². The van der Waals surface area contributed by atoms with Gasteiger partial charge in [-0.15, -0.1) is 0 Å². The van der Waals surface area contributed by atoms with E-state index in [1.54, 1.807) is 0 Å². The highest BCUT2D eigenvalue weighted by Gasteiger charge is 2.37. The minimum atomic E-state index is -0.297. The van der Waals surface area contributed by atoms with Crippen molar-refractivity contribution < 1.29 is 19.2 Å². The van der Waals surface area contributed by atoms with Gasteiger partial charge >= 0.3 is 0 Å². The molecule has 5 nitrogen and oxygen atoms in total. The molecule has 27 heavy (non-hydrogen) atoms. The second kappa shape index (κ2) is 9.02. The van der Waals surface area contributed by atoms with Crippen molar-refractivity contribution in [2.45, 2.75) is 39.0 Å². The molecule has 1 saturated heterocycles. The lowest BCUT2D eigenvalue weighted by atomic mass is 10.0. The molecule has 1 heterocycles. The molecular formula is C22H29N2O3+. The lowest BCUT2D eigenvalue weighted by Crippen LogP contribution is -3.16. The van der Waals surface area contributed by atoms with Gasteiger partial charge < -0.3 is 19.7 Å². The van der Waals surface area contributed by atoms with Gasteiger partial charge in [-0.2, -0.15) is 0 Å². The summed E-state index contributed by atoms with van der Waals surface area (Å²) in [7, 11) is 0. The number of quaternary nitrogens is 1. The first kappa shape index (κ1) is 19.4. The van der Waals surface area contributed by atoms with E-state index in [1.807, 2.05) is 61.5 Å². The number of morpholine rings is 1. The third-order valence-corrected chi connectivity index (χ3v) is 4.81. The standard InChI is InChI=1S/C22H28N2O3/c1-4-26-20-13-9-8-12-19(20)23-22(25)21(18-10-6-5-7-11-18)24-14-16(2)27-17(3)15-24/h5-13,16-17,21H,4,14-15H2,1-3H3,(H,23,25)/p+1/t16-,17-,21+/m1/s1. The van der Waals surface area contributed by atoms with Gasteiger partial charge in [-0.25, -0.2) is 0 Å². The zero-order valence-corrected chi connectivity index (χ0v) is 16.3. The van der Waals surface area contributed by atoms with Gasteiger partial charge in [-0.1, -0.05) is 42.5 Å². The summed E-state index contributed by atoms with van der Waals surface area (Å²) in [5.74, 6) is 0.670. The van der Waals surface area contributed by atoms with Crippen molar-refractivity contribution >= 4 is 11.6 Å². The van der Waals surface area contributed by atoms with Gasteiger partial charge in [0.2, 0.25) is 0 Å². The Hall–Kier alpha value is -2.37. The number of ether oxygens (including phenoxy) is 2. The third kappa shape index (κ3) is 4.87. The van der Waals surface area contributed by atoms with Gasteiger partial charge in [0.25, 0.3) is 5.91 Å². The Morgan fingerprint density at radius 2 is 1.74 bits per heavy atom. The summed E-state index contributed by atoms with van der Waals surface area (Å²) in [5, 5.41) is 3.10. The first-order valence-corrected chi connectivity index (χ1v) is 9.66. The quantitative estimate of drug-likeness (QED) is 0.822. The molecule has 0 bridgehead atoms. The second-order valence-corrected chi connectivity index (χ2v) is 7.09. The summed E-state index contributed by atoms with van der Waals surface area (Å²) in [5.41, 5.74) is 1.72. The first-order chi connectivity index (χ1) is 13.1. The van der Waals surface area contributed by atoms with E-state index >= 15 is 0 Å². The van der Waals surface area contributed by atoms with Crippen LogP contribution in [0.15, 0.2) is 54.6 Å². The van der Waals surface area contributed by atoms with Gasteiger partial charge in [0.05, 0.1) is 12.3 Å². The third-order valence-electron chi connectivity index (χ3n) is 4.81. The van der Waals surface area contributed by atoms with Crippen molar-refractivity contribution in [1.82, 2.24) is 0 Å². The summed E-state index contributed by atoms with van der Waals surface area (Å²) in [6, 6.07) is 17.3. The summed E-state index contributed by atoms with van der Waals surface area (Å²) < 4.78 is 11.5. The second-order valence-electron chi connectivity index (χ2n) is 7.09. The number of rotatable bonds is 6. The fourth-order valence-electron chi connectivity index (χ4n) is 3.82. The molecule has 1 aliphatic heterocycles. The molecule has 3 rings (SSSR count). The Labute approximate surface area is 161 Å². The fraction of sp³-hybridized carbons (Fsp3) is 0.409. The molecule has 2 aromatic rings. The van der Waals surface area contributed by atoms with Crippen molar-refractivity contribution in [3.05, 3.63) is 60.2 Å². The number of benzene rings is 2. The Bertz CT molecular complexity index is 740. The largest absolute Gasteiger partial charge is 0.492 e. The van der Waals surface area contributed by atoms with Crippen molar-refractivity contribution in [3.63, 3.8) is 0 Å². The monoisotopic (exact) mass is 369 g/mol. The van der Waals surface area contributed by atoms with Crippen molar-refractivity contribution in [1.29, 1.82) is 0 Å². The molecule has 0 unspecified atom stereocenters. The van der Waals surface area contributed by atoms with Crippen LogP contribution >= 0.6 is 0 Å². The average molecular weight is 369 g/mol. The van der Waals surface area contributed by atoms with Crippen LogP contribution in [0, 0.1) is 0 Å². The lowest BCUT2D eigenvalue weighted by Gasteiger charge is -2.36. The number of amides is 1. The van der Waals surface area contributed by atoms with E-state index < -0.39 is 0 Å². The van der Waals surface area contributed by atoms with E-state index in [1.165, 1.54) is 4.90 Å². The van der Waals surface area contributed by atoms with Crippen LogP contribution in [-0.2, 0) is 9.53 Å². The van der Waals surface area contributed by atoms with Crippen molar-refractivity contribution in [3.8, 4) is 5.75 Å². The number of hydrogen-bond acceptors (Lipinski definition) is 3. The van der Waals surface area contributed by atoms with E-state index in [9.17, 15) is 4.79 Å². The maximum Gasteiger partial charge on any atom is 0.287 e. The Morgan fingerprint density at radius 3 is 2.41 bits per heavy atom. The van der Waals surface area contributed by atoms with Crippen LogP contribution in [-0.4, -0.2) is 37.8 Å². The van der Waals surface area contributed by atoms with Crippen molar-refractivity contribution in [2.24, 2.45) is 0 Å². The minimum absolute atomic E-state index is 0.0235. The summed E-state index contributed by atoms with van der Waals surface area (Å²) >= 11 is 0. The van der Waals surface area contributed by atoms with Crippen LogP contribution in [0.2, 0.25) is 0 Å². The fourth-order valence-corrected chi connectivity index (χ4v) is 3.82. The average Bonchev–Trinajstić information content (AvgIpc) is 2.64. The molecule has 2 aromatic carbocycles. The predicted molar refractivity (Wildman–Crippen MR) is 106 cm³/mol. The Kier molecular flexibility index (Phi) is 6.48. The van der Waals surface area contributed by atoms with Gasteiger partial charge in [-0.05, 0) is 32.9 Å². The maximum absolute atomic E-state index is 13.4. The molecule has 0 aliphatic carbocycles. The molecule has 5 heteroatoms. The highest BCUT2D eigenvalue weighted by Crippen LogP contribution is 2.25. The van der Waals surface area contributed by atoms with Gasteiger partial charge in [-0.3, -0.25) is 4.79 Å². The van der Waals surface area contributed by atoms with Crippen molar-refractivity contribution in [2.75, 3.05) is 25.0 Å². The number of anilines is 1. The maximum atomic E-state index is 13.4. The highest BCUT2D eigenvalue weighted by atomic mass is 16.5. The van der Waals surface area contributed by atoms with Crippen LogP contribution in [0.3, 0.4) is 0 Å². The number of hydrogen-bond donors (Lipinski definition) is 2. The minimum Gasteiger partial charge on any atom is -0.492 e. The summed E-state index contributed by atoms with van der Waals surface area (Å²) in [6.07, 6.45) is 0.247. The zero-order chi connectivity index (χ0) is 19.2.